The van der Waals surface area contributed by atoms with Crippen LogP contribution in [0.5, 0.6) is 0 Å². The van der Waals surface area contributed by atoms with Gasteiger partial charge in [0, 0.05) is 5.69 Å². The van der Waals surface area contributed by atoms with E-state index in [-0.39, 0.29) is 25.0 Å². The molecule has 0 saturated heterocycles. The molecule has 5 nitrogen and oxygen atoms in total. The lowest BCUT2D eigenvalue weighted by atomic mass is 10.2. The fourth-order valence-corrected chi connectivity index (χ4v) is 1.96. The molecule has 1 aromatic rings. The van der Waals surface area contributed by atoms with Gasteiger partial charge in [-0.15, -0.1) is 0 Å². The fourth-order valence-electron chi connectivity index (χ4n) is 1.96. The van der Waals surface area contributed by atoms with Crippen molar-refractivity contribution < 1.29 is 14.3 Å². The lowest BCUT2D eigenvalue weighted by Gasteiger charge is -2.20. The van der Waals surface area contributed by atoms with Crippen LogP contribution in [0.3, 0.4) is 0 Å². The molecule has 0 saturated carbocycles. The molecule has 0 atom stereocenters. The molecule has 1 N–H and O–H groups in total. The number of carbonyl (C=O) groups is 2. The maximum absolute atomic E-state index is 12.0. The van der Waals surface area contributed by atoms with Crippen molar-refractivity contribution in [3.05, 3.63) is 29.8 Å². The highest BCUT2D eigenvalue weighted by Gasteiger charge is 2.14. The van der Waals surface area contributed by atoms with Gasteiger partial charge in [0.2, 0.25) is 5.91 Å². The number of ether oxygens (including phenoxy) is 1. The first-order valence-corrected chi connectivity index (χ1v) is 7.29. The summed E-state index contributed by atoms with van der Waals surface area (Å²) < 4.78 is 4.92. The maximum Gasteiger partial charge on any atom is 0.320 e. The summed E-state index contributed by atoms with van der Waals surface area (Å²) in [7, 11) is 0. The zero-order valence-electron chi connectivity index (χ0n) is 13.0. The summed E-state index contributed by atoms with van der Waals surface area (Å²) in [5, 5.41) is 2.83. The van der Waals surface area contributed by atoms with Crippen molar-refractivity contribution in [1.29, 1.82) is 0 Å². The molecule has 1 aromatic carbocycles. The fraction of sp³-hybridized carbons (Fsp3) is 0.500. The number of benzene rings is 1. The molecule has 0 aliphatic rings. The number of hydrogen-bond acceptors (Lipinski definition) is 4. The van der Waals surface area contributed by atoms with E-state index >= 15 is 0 Å². The number of esters is 1. The first kappa shape index (κ1) is 17.2. The van der Waals surface area contributed by atoms with Crippen LogP contribution < -0.4 is 5.32 Å². The number of amides is 1. The first-order chi connectivity index (χ1) is 10.0. The second-order valence-corrected chi connectivity index (χ2v) is 4.93. The van der Waals surface area contributed by atoms with Crippen molar-refractivity contribution in [3.63, 3.8) is 0 Å². The summed E-state index contributed by atoms with van der Waals surface area (Å²) in [6.45, 7) is 7.13. The molecule has 1 amide bonds. The minimum Gasteiger partial charge on any atom is -0.465 e. The summed E-state index contributed by atoms with van der Waals surface area (Å²) in [6, 6.07) is 7.61. The van der Waals surface area contributed by atoms with E-state index in [0.717, 1.165) is 17.7 Å². The van der Waals surface area contributed by atoms with E-state index in [0.29, 0.717) is 13.2 Å². The molecule has 0 aliphatic heterocycles. The number of nitrogens with zero attached hydrogens (tertiary/aromatic N) is 1. The highest BCUT2D eigenvalue weighted by atomic mass is 16.5. The van der Waals surface area contributed by atoms with Crippen LogP contribution in [0.15, 0.2) is 24.3 Å². The molecule has 116 valence electrons. The van der Waals surface area contributed by atoms with Crippen LogP contribution in [0.2, 0.25) is 0 Å². The van der Waals surface area contributed by atoms with E-state index in [4.69, 9.17) is 4.74 Å². The standard InChI is InChI=1S/C16H24N2O3/c1-4-10-18(12-16(20)21-5-2)11-15(19)17-14-8-6-13(3)7-9-14/h6-9H,4-5,10-12H2,1-3H3,(H,17,19). The Morgan fingerprint density at radius 2 is 1.81 bits per heavy atom. The quantitative estimate of drug-likeness (QED) is 0.746. The van der Waals surface area contributed by atoms with Gasteiger partial charge >= 0.3 is 5.97 Å². The van der Waals surface area contributed by atoms with Gasteiger partial charge in [-0.3, -0.25) is 14.5 Å². The van der Waals surface area contributed by atoms with Crippen molar-refractivity contribution in [3.8, 4) is 0 Å². The lowest BCUT2D eigenvalue weighted by molar-refractivity contribution is -0.144. The van der Waals surface area contributed by atoms with Crippen LogP contribution in [-0.4, -0.2) is 43.0 Å². The Labute approximate surface area is 126 Å². The minimum absolute atomic E-state index is 0.128. The van der Waals surface area contributed by atoms with E-state index in [1.807, 2.05) is 38.1 Å². The summed E-state index contributed by atoms with van der Waals surface area (Å²) in [4.78, 5) is 25.3. The molecule has 0 heterocycles. The third-order valence-electron chi connectivity index (χ3n) is 2.90. The molecular formula is C16H24N2O3. The Morgan fingerprint density at radius 1 is 1.14 bits per heavy atom. The normalized spacial score (nSPS) is 10.5. The van der Waals surface area contributed by atoms with Crippen molar-refractivity contribution >= 4 is 17.6 Å². The molecule has 0 aliphatic carbocycles. The maximum atomic E-state index is 12.0. The molecule has 0 bridgehead atoms. The van der Waals surface area contributed by atoms with Gasteiger partial charge in [0.1, 0.15) is 0 Å². The van der Waals surface area contributed by atoms with Gasteiger partial charge in [-0.05, 0) is 38.9 Å². The molecule has 21 heavy (non-hydrogen) atoms. The number of rotatable bonds is 8. The number of carbonyl (C=O) groups excluding carboxylic acids is 2. The number of hydrogen-bond donors (Lipinski definition) is 1. The number of nitrogens with one attached hydrogen (secondary N) is 1. The molecule has 0 fully saturated rings. The Kier molecular flexibility index (Phi) is 7.46. The zero-order chi connectivity index (χ0) is 15.7. The van der Waals surface area contributed by atoms with E-state index in [1.165, 1.54) is 0 Å². The van der Waals surface area contributed by atoms with Gasteiger partial charge in [-0.25, -0.2) is 0 Å². The van der Waals surface area contributed by atoms with Crippen LogP contribution in [0.1, 0.15) is 25.8 Å². The van der Waals surface area contributed by atoms with Crippen LogP contribution in [-0.2, 0) is 14.3 Å². The predicted molar refractivity (Wildman–Crippen MR) is 83.2 cm³/mol. The van der Waals surface area contributed by atoms with Gasteiger partial charge in [-0.2, -0.15) is 0 Å². The molecule has 0 radical (unpaired) electrons. The smallest absolute Gasteiger partial charge is 0.320 e. The Bertz CT molecular complexity index is 457. The van der Waals surface area contributed by atoms with E-state index < -0.39 is 0 Å². The monoisotopic (exact) mass is 292 g/mol. The molecule has 0 aromatic heterocycles. The van der Waals surface area contributed by atoms with Crippen molar-refractivity contribution in [2.75, 3.05) is 31.6 Å². The Hall–Kier alpha value is -1.88. The molecule has 5 heteroatoms. The molecule has 0 spiro atoms. The summed E-state index contributed by atoms with van der Waals surface area (Å²) in [6.07, 6.45) is 0.872. The third-order valence-corrected chi connectivity index (χ3v) is 2.90. The highest BCUT2D eigenvalue weighted by molar-refractivity contribution is 5.92. The van der Waals surface area contributed by atoms with Crippen LogP contribution in [0, 0.1) is 6.92 Å². The minimum atomic E-state index is -0.297. The molecule has 0 unspecified atom stereocenters. The van der Waals surface area contributed by atoms with Gasteiger partial charge in [-0.1, -0.05) is 24.6 Å². The largest absolute Gasteiger partial charge is 0.465 e. The second kappa shape index (κ2) is 9.13. The third kappa shape index (κ3) is 6.90. The zero-order valence-corrected chi connectivity index (χ0v) is 13.0. The van der Waals surface area contributed by atoms with Gasteiger partial charge < -0.3 is 10.1 Å². The van der Waals surface area contributed by atoms with Gasteiger partial charge in [0.05, 0.1) is 19.7 Å². The molecular weight excluding hydrogens is 268 g/mol. The number of anilines is 1. The molecule has 1 rings (SSSR count). The topological polar surface area (TPSA) is 58.6 Å². The van der Waals surface area contributed by atoms with E-state index in [1.54, 1.807) is 11.8 Å². The summed E-state index contributed by atoms with van der Waals surface area (Å²) in [5.41, 5.74) is 1.90. The van der Waals surface area contributed by atoms with E-state index in [9.17, 15) is 9.59 Å². The van der Waals surface area contributed by atoms with Crippen LogP contribution in [0.4, 0.5) is 5.69 Å². The Morgan fingerprint density at radius 3 is 2.38 bits per heavy atom. The van der Waals surface area contributed by atoms with Gasteiger partial charge in [0.25, 0.3) is 0 Å². The SMILES string of the molecule is CCCN(CC(=O)Nc1ccc(C)cc1)CC(=O)OCC. The van der Waals surface area contributed by atoms with Gasteiger partial charge in [0.15, 0.2) is 0 Å². The second-order valence-electron chi connectivity index (χ2n) is 4.93. The summed E-state index contributed by atoms with van der Waals surface area (Å²) >= 11 is 0. The average Bonchev–Trinajstić information content (AvgIpc) is 2.41. The lowest BCUT2D eigenvalue weighted by Crippen LogP contribution is -2.38. The van der Waals surface area contributed by atoms with E-state index in [2.05, 4.69) is 5.32 Å². The van der Waals surface area contributed by atoms with Crippen molar-refractivity contribution in [2.45, 2.75) is 27.2 Å². The predicted octanol–water partition coefficient (Wildman–Crippen LogP) is 2.21. The highest BCUT2D eigenvalue weighted by Crippen LogP contribution is 2.08. The van der Waals surface area contributed by atoms with Crippen molar-refractivity contribution in [2.24, 2.45) is 0 Å². The average molecular weight is 292 g/mol. The number of aryl methyl sites for hydroxylation is 1. The first-order valence-electron chi connectivity index (χ1n) is 7.29. The summed E-state index contributed by atoms with van der Waals surface area (Å²) in [5.74, 6) is -0.425. The van der Waals surface area contributed by atoms with Crippen molar-refractivity contribution in [1.82, 2.24) is 4.90 Å². The Balaban J connectivity index is 2.51. The van der Waals surface area contributed by atoms with Crippen LogP contribution in [0.25, 0.3) is 0 Å². The van der Waals surface area contributed by atoms with Crippen LogP contribution >= 0.6 is 0 Å².